The molecule has 6 heteroatoms. The van der Waals surface area contributed by atoms with E-state index in [4.69, 9.17) is 0 Å². The summed E-state index contributed by atoms with van der Waals surface area (Å²) >= 11 is 1.84. The summed E-state index contributed by atoms with van der Waals surface area (Å²) in [4.78, 5) is 16.9. The van der Waals surface area contributed by atoms with Crippen molar-refractivity contribution in [2.75, 3.05) is 25.4 Å². The molecule has 3 aromatic rings. The lowest BCUT2D eigenvalue weighted by Gasteiger charge is -2.26. The number of carbonyl (C=O) groups is 1. The van der Waals surface area contributed by atoms with E-state index in [2.05, 4.69) is 46.3 Å². The average molecular weight is 409 g/mol. The molecule has 150 valence electrons. The molecule has 1 aliphatic heterocycles. The van der Waals surface area contributed by atoms with E-state index < -0.39 is 5.97 Å². The summed E-state index contributed by atoms with van der Waals surface area (Å²) in [6, 6.07) is 13.6. The molecule has 5 nitrogen and oxygen atoms in total. The van der Waals surface area contributed by atoms with Crippen molar-refractivity contribution in [3.8, 4) is 5.75 Å². The van der Waals surface area contributed by atoms with Crippen molar-refractivity contribution >= 4 is 34.2 Å². The van der Waals surface area contributed by atoms with E-state index in [1.807, 2.05) is 18.0 Å². The van der Waals surface area contributed by atoms with Crippen molar-refractivity contribution in [3.63, 3.8) is 0 Å². The fourth-order valence-corrected chi connectivity index (χ4v) is 4.70. The predicted octanol–water partition coefficient (Wildman–Crippen LogP) is 4.59. The molecule has 0 atom stereocenters. The summed E-state index contributed by atoms with van der Waals surface area (Å²) in [5.74, 6) is 0.504. The van der Waals surface area contributed by atoms with Gasteiger partial charge in [0.1, 0.15) is 11.3 Å². The minimum atomic E-state index is -1.11. The summed E-state index contributed by atoms with van der Waals surface area (Å²) in [5, 5.41) is 19.9. The molecule has 0 spiro atoms. The number of nitrogens with one attached hydrogen (secondary N) is 1. The first-order valence-electron chi connectivity index (χ1n) is 9.72. The molecule has 0 bridgehead atoms. The van der Waals surface area contributed by atoms with E-state index >= 15 is 0 Å². The molecule has 0 aliphatic carbocycles. The zero-order valence-electron chi connectivity index (χ0n) is 16.1. The highest BCUT2D eigenvalue weighted by Crippen LogP contribution is 2.29. The topological polar surface area (TPSA) is 76.6 Å². The Labute approximate surface area is 174 Å². The Morgan fingerprint density at radius 2 is 2.03 bits per heavy atom. The van der Waals surface area contributed by atoms with Gasteiger partial charge >= 0.3 is 5.97 Å². The molecule has 1 aliphatic rings. The third-order valence-electron chi connectivity index (χ3n) is 5.36. The SMILES string of the molecule is O=C(O)c1cc2c(CSCCN3CC=C(c4ccccc4)CC3)c[nH]c2cc1O. The molecular weight excluding hydrogens is 384 g/mol. The molecule has 2 heterocycles. The Morgan fingerprint density at radius 1 is 1.21 bits per heavy atom. The first-order valence-corrected chi connectivity index (χ1v) is 10.9. The van der Waals surface area contributed by atoms with Gasteiger partial charge in [-0.1, -0.05) is 36.4 Å². The monoisotopic (exact) mass is 408 g/mol. The highest BCUT2D eigenvalue weighted by molar-refractivity contribution is 7.98. The second-order valence-electron chi connectivity index (χ2n) is 7.23. The van der Waals surface area contributed by atoms with Crippen LogP contribution in [0.15, 0.2) is 54.7 Å². The second-order valence-corrected chi connectivity index (χ2v) is 8.34. The molecule has 0 fully saturated rings. The molecule has 0 unspecified atom stereocenters. The number of phenols is 1. The lowest BCUT2D eigenvalue weighted by Crippen LogP contribution is -2.30. The second kappa shape index (κ2) is 8.76. The van der Waals surface area contributed by atoms with Crippen LogP contribution in [-0.2, 0) is 5.75 Å². The number of aromatic hydroxyl groups is 1. The van der Waals surface area contributed by atoms with E-state index in [9.17, 15) is 15.0 Å². The number of hydrogen-bond acceptors (Lipinski definition) is 4. The van der Waals surface area contributed by atoms with Crippen molar-refractivity contribution in [2.45, 2.75) is 12.2 Å². The first kappa shape index (κ1) is 19.6. The van der Waals surface area contributed by atoms with Gasteiger partial charge in [0.15, 0.2) is 0 Å². The number of benzene rings is 2. The number of carboxylic acid groups (broad SMARTS) is 1. The zero-order valence-corrected chi connectivity index (χ0v) is 16.9. The molecule has 2 aromatic carbocycles. The Bertz CT molecular complexity index is 1040. The van der Waals surface area contributed by atoms with E-state index in [1.165, 1.54) is 17.2 Å². The zero-order chi connectivity index (χ0) is 20.2. The Hall–Kier alpha value is -2.70. The number of hydrogen-bond donors (Lipinski definition) is 3. The number of aromatic nitrogens is 1. The number of carboxylic acids is 1. The van der Waals surface area contributed by atoms with Crippen molar-refractivity contribution < 1.29 is 15.0 Å². The van der Waals surface area contributed by atoms with Gasteiger partial charge in [-0.3, -0.25) is 4.90 Å². The van der Waals surface area contributed by atoms with Crippen LogP contribution in [0.5, 0.6) is 5.75 Å². The van der Waals surface area contributed by atoms with Gasteiger partial charge in [0.05, 0.1) is 0 Å². The average Bonchev–Trinajstić information content (AvgIpc) is 3.13. The maximum atomic E-state index is 11.3. The number of nitrogens with zero attached hydrogens (tertiary/aromatic N) is 1. The van der Waals surface area contributed by atoms with Gasteiger partial charge in [-0.05, 0) is 29.2 Å². The fourth-order valence-electron chi connectivity index (χ4n) is 3.71. The van der Waals surface area contributed by atoms with Gasteiger partial charge in [-0.2, -0.15) is 11.8 Å². The van der Waals surface area contributed by atoms with E-state index in [0.717, 1.165) is 54.0 Å². The summed E-state index contributed by atoms with van der Waals surface area (Å²) in [6.45, 7) is 3.10. The normalized spacial score (nSPS) is 14.8. The van der Waals surface area contributed by atoms with Gasteiger partial charge in [0.25, 0.3) is 0 Å². The standard InChI is InChI=1S/C23H24N2O3S/c26-22-13-21-19(12-20(22)23(27)28)18(14-24-21)15-29-11-10-25-8-6-17(7-9-25)16-4-2-1-3-5-16/h1-6,12-14,24,26H,7-11,15H2,(H,27,28). The molecular formula is C23H24N2O3S. The maximum Gasteiger partial charge on any atom is 0.339 e. The van der Waals surface area contributed by atoms with Crippen LogP contribution in [0.1, 0.15) is 27.9 Å². The molecule has 0 saturated heterocycles. The van der Waals surface area contributed by atoms with Crippen molar-refractivity contribution in [1.82, 2.24) is 9.88 Å². The molecule has 4 rings (SSSR count). The Balaban J connectivity index is 1.30. The summed E-state index contributed by atoms with van der Waals surface area (Å²) in [7, 11) is 0. The number of thioether (sulfide) groups is 1. The van der Waals surface area contributed by atoms with E-state index in [0.29, 0.717) is 0 Å². The van der Waals surface area contributed by atoms with Crippen molar-refractivity contribution in [2.24, 2.45) is 0 Å². The summed E-state index contributed by atoms with van der Waals surface area (Å²) < 4.78 is 0. The number of H-pyrrole nitrogens is 1. The van der Waals surface area contributed by atoms with Crippen LogP contribution in [-0.4, -0.2) is 51.5 Å². The molecule has 0 saturated carbocycles. The third-order valence-corrected chi connectivity index (χ3v) is 6.35. The van der Waals surface area contributed by atoms with Crippen molar-refractivity contribution in [3.05, 3.63) is 71.4 Å². The van der Waals surface area contributed by atoms with E-state index in [-0.39, 0.29) is 11.3 Å². The van der Waals surface area contributed by atoms with Crippen LogP contribution in [0.2, 0.25) is 0 Å². The third kappa shape index (κ3) is 4.49. The van der Waals surface area contributed by atoms with Gasteiger partial charge in [0, 0.05) is 54.3 Å². The van der Waals surface area contributed by atoms with Crippen molar-refractivity contribution in [1.29, 1.82) is 0 Å². The van der Waals surface area contributed by atoms with Crippen LogP contribution in [0.3, 0.4) is 0 Å². The largest absolute Gasteiger partial charge is 0.507 e. The minimum absolute atomic E-state index is 0.0577. The Morgan fingerprint density at radius 3 is 2.76 bits per heavy atom. The molecule has 3 N–H and O–H groups in total. The van der Waals surface area contributed by atoms with Crippen LogP contribution in [0.4, 0.5) is 0 Å². The number of rotatable bonds is 7. The number of aromatic amines is 1. The van der Waals surface area contributed by atoms with Gasteiger partial charge < -0.3 is 15.2 Å². The maximum absolute atomic E-state index is 11.3. The number of fused-ring (bicyclic) bond motifs is 1. The van der Waals surface area contributed by atoms with Gasteiger partial charge in [0.2, 0.25) is 0 Å². The highest BCUT2D eigenvalue weighted by Gasteiger charge is 2.15. The van der Waals surface area contributed by atoms with Crippen LogP contribution < -0.4 is 0 Å². The minimum Gasteiger partial charge on any atom is -0.507 e. The van der Waals surface area contributed by atoms with Crippen LogP contribution >= 0.6 is 11.8 Å². The molecule has 29 heavy (non-hydrogen) atoms. The first-order chi connectivity index (χ1) is 14.1. The lowest BCUT2D eigenvalue weighted by atomic mass is 10.00. The quantitative estimate of drug-likeness (QED) is 0.498. The summed E-state index contributed by atoms with van der Waals surface area (Å²) in [6.07, 6.45) is 5.32. The molecule has 1 aromatic heterocycles. The van der Waals surface area contributed by atoms with Gasteiger partial charge in [-0.15, -0.1) is 0 Å². The smallest absolute Gasteiger partial charge is 0.339 e. The van der Waals surface area contributed by atoms with Crippen LogP contribution in [0, 0.1) is 0 Å². The van der Waals surface area contributed by atoms with Gasteiger partial charge in [-0.25, -0.2) is 4.79 Å². The molecule has 0 amide bonds. The summed E-state index contributed by atoms with van der Waals surface area (Å²) in [5.41, 5.74) is 4.53. The fraction of sp³-hybridized carbons (Fsp3) is 0.261. The van der Waals surface area contributed by atoms with Crippen LogP contribution in [0.25, 0.3) is 16.5 Å². The predicted molar refractivity (Wildman–Crippen MR) is 119 cm³/mol. The number of aromatic carboxylic acids is 1. The molecule has 0 radical (unpaired) electrons. The Kier molecular flexibility index (Phi) is 5.92. The lowest BCUT2D eigenvalue weighted by molar-refractivity contribution is 0.0694. The highest BCUT2D eigenvalue weighted by atomic mass is 32.2. The van der Waals surface area contributed by atoms with E-state index in [1.54, 1.807) is 6.07 Å².